The van der Waals surface area contributed by atoms with Crippen LogP contribution in [0.4, 0.5) is 4.39 Å². The van der Waals surface area contributed by atoms with Gasteiger partial charge >= 0.3 is 0 Å². The molecule has 4 N–H and O–H groups in total. The van der Waals surface area contributed by atoms with Crippen LogP contribution in [0.25, 0.3) is 0 Å². The number of aliphatic hydroxyl groups is 1. The average molecular weight is 337 g/mol. The van der Waals surface area contributed by atoms with Gasteiger partial charge in [-0.3, -0.25) is 9.59 Å². The van der Waals surface area contributed by atoms with Gasteiger partial charge in [-0.25, -0.2) is 4.39 Å². The predicted octanol–water partition coefficient (Wildman–Crippen LogP) is 0.277. The van der Waals surface area contributed by atoms with Crippen molar-refractivity contribution < 1.29 is 19.1 Å². The molecule has 2 amide bonds. The number of hydrogen-bond donors (Lipinski definition) is 4. The van der Waals surface area contributed by atoms with Crippen molar-refractivity contribution in [2.45, 2.75) is 26.0 Å². The van der Waals surface area contributed by atoms with Gasteiger partial charge in [-0.2, -0.15) is 0 Å². The lowest BCUT2D eigenvalue weighted by molar-refractivity contribution is -0.124. The average Bonchev–Trinajstić information content (AvgIpc) is 2.95. The molecule has 3 unspecified atom stereocenters. The van der Waals surface area contributed by atoms with Crippen LogP contribution in [0.15, 0.2) is 24.3 Å². The molecule has 2 rings (SSSR count). The van der Waals surface area contributed by atoms with E-state index < -0.39 is 23.9 Å². The summed E-state index contributed by atoms with van der Waals surface area (Å²) in [4.78, 5) is 24.6. The molecule has 0 radical (unpaired) electrons. The molecule has 0 aliphatic carbocycles. The van der Waals surface area contributed by atoms with E-state index in [1.165, 1.54) is 18.2 Å². The summed E-state index contributed by atoms with van der Waals surface area (Å²) >= 11 is 0. The molecule has 24 heavy (non-hydrogen) atoms. The van der Waals surface area contributed by atoms with Crippen LogP contribution in [0.5, 0.6) is 0 Å². The molecule has 0 spiro atoms. The van der Waals surface area contributed by atoms with Gasteiger partial charge in [0.2, 0.25) is 5.91 Å². The van der Waals surface area contributed by atoms with E-state index >= 15 is 0 Å². The van der Waals surface area contributed by atoms with Crippen LogP contribution < -0.4 is 16.0 Å². The number of rotatable bonds is 6. The largest absolute Gasteiger partial charge is 0.391 e. The quantitative estimate of drug-likeness (QED) is 0.600. The molecule has 1 aromatic carbocycles. The lowest BCUT2D eigenvalue weighted by atomic mass is 10.0. The monoisotopic (exact) mass is 337 g/mol. The van der Waals surface area contributed by atoms with Crippen LogP contribution in [0.2, 0.25) is 0 Å². The van der Waals surface area contributed by atoms with Crippen LogP contribution in [-0.2, 0) is 4.79 Å². The van der Waals surface area contributed by atoms with Crippen LogP contribution in [0.3, 0.4) is 0 Å². The SMILES string of the molecule is CC(C)C(NC(=O)c1ccccc1F)C(=O)NCC1CNCC1O. The number of carbonyl (C=O) groups is 2. The molecule has 1 aliphatic heterocycles. The van der Waals surface area contributed by atoms with Gasteiger partial charge in [0.15, 0.2) is 0 Å². The first kappa shape index (κ1) is 18.4. The van der Waals surface area contributed by atoms with Crippen molar-refractivity contribution in [3.63, 3.8) is 0 Å². The highest BCUT2D eigenvalue weighted by atomic mass is 19.1. The predicted molar refractivity (Wildman–Crippen MR) is 87.9 cm³/mol. The third kappa shape index (κ3) is 4.52. The first-order chi connectivity index (χ1) is 11.4. The topological polar surface area (TPSA) is 90.5 Å². The molecule has 0 aromatic heterocycles. The maximum absolute atomic E-state index is 13.7. The minimum atomic E-state index is -0.774. The van der Waals surface area contributed by atoms with Gasteiger partial charge in [0.05, 0.1) is 11.7 Å². The standard InChI is InChI=1S/C17H24FN3O3/c1-10(2)15(17(24)20-8-11-7-19-9-14(11)22)21-16(23)12-5-3-4-6-13(12)18/h3-6,10-11,14-15,19,22H,7-9H2,1-2H3,(H,20,24)(H,21,23). The molecule has 0 saturated carbocycles. The maximum Gasteiger partial charge on any atom is 0.254 e. The van der Waals surface area contributed by atoms with Gasteiger partial charge in [0.1, 0.15) is 11.9 Å². The van der Waals surface area contributed by atoms with E-state index in [0.717, 1.165) is 0 Å². The van der Waals surface area contributed by atoms with Crippen LogP contribution >= 0.6 is 0 Å². The zero-order chi connectivity index (χ0) is 17.7. The maximum atomic E-state index is 13.7. The number of halogens is 1. The highest BCUT2D eigenvalue weighted by Gasteiger charge is 2.29. The fourth-order valence-corrected chi connectivity index (χ4v) is 2.67. The van der Waals surface area contributed by atoms with Crippen LogP contribution in [0, 0.1) is 17.7 Å². The Morgan fingerprint density at radius 1 is 1.33 bits per heavy atom. The normalized spacial score (nSPS) is 21.5. The summed E-state index contributed by atoms with van der Waals surface area (Å²) in [5.41, 5.74) is -0.0913. The van der Waals surface area contributed by atoms with Crippen molar-refractivity contribution >= 4 is 11.8 Å². The van der Waals surface area contributed by atoms with Crippen LogP contribution in [0.1, 0.15) is 24.2 Å². The fourth-order valence-electron chi connectivity index (χ4n) is 2.67. The van der Waals surface area contributed by atoms with Crippen molar-refractivity contribution in [1.82, 2.24) is 16.0 Å². The Morgan fingerprint density at radius 3 is 2.62 bits per heavy atom. The van der Waals surface area contributed by atoms with Crippen molar-refractivity contribution in [3.05, 3.63) is 35.6 Å². The van der Waals surface area contributed by atoms with Gasteiger partial charge in [0.25, 0.3) is 5.91 Å². The summed E-state index contributed by atoms with van der Waals surface area (Å²) in [5.74, 6) is -1.80. The summed E-state index contributed by atoms with van der Waals surface area (Å²) in [6.45, 7) is 5.08. The molecule has 6 nitrogen and oxygen atoms in total. The summed E-state index contributed by atoms with van der Waals surface area (Å²) in [6, 6.07) is 4.87. The molecule has 7 heteroatoms. The van der Waals surface area contributed by atoms with Gasteiger partial charge in [0, 0.05) is 25.6 Å². The third-order valence-electron chi connectivity index (χ3n) is 4.20. The zero-order valence-corrected chi connectivity index (χ0v) is 13.9. The Morgan fingerprint density at radius 2 is 2.04 bits per heavy atom. The molecule has 1 saturated heterocycles. The molecule has 1 heterocycles. The van der Waals surface area contributed by atoms with Crippen molar-refractivity contribution in [2.75, 3.05) is 19.6 Å². The summed E-state index contributed by atoms with van der Waals surface area (Å²) in [6.07, 6.45) is -0.490. The van der Waals surface area contributed by atoms with E-state index in [2.05, 4.69) is 16.0 Å². The lowest BCUT2D eigenvalue weighted by Gasteiger charge is -2.23. The molecule has 132 valence electrons. The molecule has 1 fully saturated rings. The number of aliphatic hydroxyl groups excluding tert-OH is 1. The van der Waals surface area contributed by atoms with Crippen LogP contribution in [-0.4, -0.2) is 48.7 Å². The molecule has 3 atom stereocenters. The molecule has 1 aromatic rings. The fraction of sp³-hybridized carbons (Fsp3) is 0.529. The van der Waals surface area contributed by atoms with Crippen molar-refractivity contribution in [1.29, 1.82) is 0 Å². The molecule has 1 aliphatic rings. The Hall–Kier alpha value is -1.99. The number of carbonyl (C=O) groups excluding carboxylic acids is 2. The molecule has 0 bridgehead atoms. The minimum Gasteiger partial charge on any atom is -0.391 e. The minimum absolute atomic E-state index is 0.0518. The Bertz CT molecular complexity index is 594. The van der Waals surface area contributed by atoms with E-state index in [1.807, 2.05) is 0 Å². The summed E-state index contributed by atoms with van der Waals surface area (Å²) in [7, 11) is 0. The highest BCUT2D eigenvalue weighted by Crippen LogP contribution is 2.10. The Kier molecular flexibility index (Phi) is 6.28. The van der Waals surface area contributed by atoms with E-state index in [-0.39, 0.29) is 23.3 Å². The Labute approximate surface area is 140 Å². The first-order valence-electron chi connectivity index (χ1n) is 8.12. The first-order valence-corrected chi connectivity index (χ1v) is 8.12. The van der Waals surface area contributed by atoms with Gasteiger partial charge in [-0.1, -0.05) is 26.0 Å². The third-order valence-corrected chi connectivity index (χ3v) is 4.20. The second-order valence-electron chi connectivity index (χ2n) is 6.41. The van der Waals surface area contributed by atoms with E-state index in [1.54, 1.807) is 19.9 Å². The highest BCUT2D eigenvalue weighted by molar-refractivity contribution is 5.97. The van der Waals surface area contributed by atoms with Gasteiger partial charge in [-0.05, 0) is 18.1 Å². The molecular formula is C17H24FN3O3. The second-order valence-corrected chi connectivity index (χ2v) is 6.41. The van der Waals surface area contributed by atoms with Gasteiger partial charge < -0.3 is 21.1 Å². The van der Waals surface area contributed by atoms with Crippen molar-refractivity contribution in [3.8, 4) is 0 Å². The van der Waals surface area contributed by atoms with Gasteiger partial charge in [-0.15, -0.1) is 0 Å². The number of benzene rings is 1. The van der Waals surface area contributed by atoms with E-state index in [4.69, 9.17) is 0 Å². The van der Waals surface area contributed by atoms with Crippen molar-refractivity contribution in [2.24, 2.45) is 11.8 Å². The van der Waals surface area contributed by atoms with E-state index in [9.17, 15) is 19.1 Å². The summed E-state index contributed by atoms with van der Waals surface area (Å²) < 4.78 is 13.7. The number of amides is 2. The number of β-amino-alcohol motifs (C(OH)–C–C–N with tert-alkyl or cyclic N) is 1. The Balaban J connectivity index is 1.97. The molecular weight excluding hydrogens is 313 g/mol. The zero-order valence-electron chi connectivity index (χ0n) is 13.9. The lowest BCUT2D eigenvalue weighted by Crippen LogP contribution is -2.51. The number of nitrogens with one attached hydrogen (secondary N) is 3. The van der Waals surface area contributed by atoms with E-state index in [0.29, 0.717) is 19.6 Å². The number of hydrogen-bond acceptors (Lipinski definition) is 4. The summed E-state index contributed by atoms with van der Waals surface area (Å²) in [5, 5.41) is 18.1. The second kappa shape index (κ2) is 8.21. The smallest absolute Gasteiger partial charge is 0.254 e.